The van der Waals surface area contributed by atoms with Crippen molar-refractivity contribution in [2.75, 3.05) is 19.5 Å². The number of carbonyl (C=O) groups excluding carboxylic acids is 1. The maximum atomic E-state index is 11.1. The Bertz CT molecular complexity index is 920. The Morgan fingerprint density at radius 2 is 1.47 bits per heavy atom. The molecule has 166 valence electrons. The molecule has 0 atom stereocenters. The second-order valence-electron chi connectivity index (χ2n) is 6.68. The average Bonchev–Trinajstić information content (AvgIpc) is 2.61. The minimum absolute atomic E-state index is 0. The van der Waals surface area contributed by atoms with Crippen LogP contribution in [0.1, 0.15) is 27.7 Å². The lowest BCUT2D eigenvalue weighted by Gasteiger charge is -2.27. The summed E-state index contributed by atoms with van der Waals surface area (Å²) >= 11 is 0. The van der Waals surface area contributed by atoms with Gasteiger partial charge < -0.3 is 28.3 Å². The Labute approximate surface area is 177 Å². The summed E-state index contributed by atoms with van der Waals surface area (Å²) in [5, 5.41) is 11.0. The van der Waals surface area contributed by atoms with Crippen molar-refractivity contribution in [3.05, 3.63) is 48.5 Å². The topological polar surface area (TPSA) is 111 Å². The van der Waals surface area contributed by atoms with Crippen LogP contribution >= 0.6 is 0 Å². The van der Waals surface area contributed by atoms with Gasteiger partial charge in [0.15, 0.2) is 0 Å². The van der Waals surface area contributed by atoms with Crippen molar-refractivity contribution in [2.45, 2.75) is 33.3 Å². The smallest absolute Gasteiger partial charge is 0.306 e. The fourth-order valence-electron chi connectivity index (χ4n) is 2.17. The van der Waals surface area contributed by atoms with Gasteiger partial charge in [0.25, 0.3) is 0 Å². The number of carboxylic acids is 1. The van der Waals surface area contributed by atoms with Crippen molar-refractivity contribution < 1.29 is 36.7 Å². The number of rotatable bonds is 11. The number of benzene rings is 2. The van der Waals surface area contributed by atoms with E-state index in [2.05, 4.69) is 0 Å². The van der Waals surface area contributed by atoms with Gasteiger partial charge in [-0.2, -0.15) is 8.42 Å². The fraction of sp³-hybridized carbons (Fsp3) is 0.381. The number of carboxylic acid groups (broad SMARTS) is 1. The normalized spacial score (nSPS) is 11.2. The molecule has 0 unspecified atom stereocenters. The monoisotopic (exact) mass is 439 g/mol. The van der Waals surface area contributed by atoms with Gasteiger partial charge in [-0.3, -0.25) is 0 Å². The molecule has 0 aromatic heterocycles. The first-order chi connectivity index (χ1) is 13.5. The molecule has 0 spiro atoms. The van der Waals surface area contributed by atoms with E-state index in [0.717, 1.165) is 6.26 Å². The molecule has 0 saturated heterocycles. The SMILES string of the molecule is C.CC(C)(Oc1cccc(OCCCOc2ccc(OS(C)(=O)=O)cc2)c1)C(=O)[O-]. The van der Waals surface area contributed by atoms with E-state index in [1.165, 1.54) is 26.0 Å². The Morgan fingerprint density at radius 3 is 2.03 bits per heavy atom. The Morgan fingerprint density at radius 1 is 0.933 bits per heavy atom. The second kappa shape index (κ2) is 10.7. The van der Waals surface area contributed by atoms with Crippen LogP contribution in [0.25, 0.3) is 0 Å². The van der Waals surface area contributed by atoms with Crippen molar-refractivity contribution in [2.24, 2.45) is 0 Å². The number of hydrogen-bond acceptors (Lipinski definition) is 8. The molecule has 0 aliphatic heterocycles. The fourth-order valence-corrected chi connectivity index (χ4v) is 2.63. The summed E-state index contributed by atoms with van der Waals surface area (Å²) in [5.41, 5.74) is -1.45. The standard InChI is InChI=1S/C20H24O8S.CH4/c1-20(2,19(21)22)27-18-7-4-6-17(14-18)26-13-5-12-25-15-8-10-16(11-9-15)28-29(3,23)24;/h4,6-11,14H,5,12-13H2,1-3H3,(H,21,22);1H4/p-1. The first-order valence-corrected chi connectivity index (χ1v) is 10.6. The lowest BCUT2D eigenvalue weighted by atomic mass is 10.1. The van der Waals surface area contributed by atoms with Gasteiger partial charge >= 0.3 is 10.1 Å². The summed E-state index contributed by atoms with van der Waals surface area (Å²) in [7, 11) is -3.56. The van der Waals surface area contributed by atoms with E-state index >= 15 is 0 Å². The highest BCUT2D eigenvalue weighted by Crippen LogP contribution is 2.23. The predicted molar refractivity (Wildman–Crippen MR) is 110 cm³/mol. The third kappa shape index (κ3) is 8.60. The molecule has 0 amide bonds. The predicted octanol–water partition coefficient (Wildman–Crippen LogP) is 2.42. The summed E-state index contributed by atoms with van der Waals surface area (Å²) < 4.78 is 43.5. The molecule has 0 saturated carbocycles. The molecule has 0 aliphatic rings. The summed E-state index contributed by atoms with van der Waals surface area (Å²) in [5.74, 6) is 0.387. The van der Waals surface area contributed by atoms with E-state index in [1.807, 2.05) is 0 Å². The molecule has 8 nitrogen and oxygen atoms in total. The molecule has 2 aromatic rings. The minimum atomic E-state index is -3.56. The van der Waals surface area contributed by atoms with Gasteiger partial charge in [-0.05, 0) is 50.2 Å². The second-order valence-corrected chi connectivity index (χ2v) is 8.26. The molecule has 0 bridgehead atoms. The molecule has 9 heteroatoms. The third-order valence-corrected chi connectivity index (χ3v) is 4.06. The van der Waals surface area contributed by atoms with Crippen LogP contribution in [0.2, 0.25) is 0 Å². The summed E-state index contributed by atoms with van der Waals surface area (Å²) in [6.45, 7) is 3.59. The number of hydrogen-bond donors (Lipinski definition) is 0. The van der Waals surface area contributed by atoms with Gasteiger partial charge in [-0.25, -0.2) is 0 Å². The Kier molecular flexibility index (Phi) is 8.97. The highest BCUT2D eigenvalue weighted by Gasteiger charge is 2.21. The van der Waals surface area contributed by atoms with Crippen molar-refractivity contribution >= 4 is 16.1 Å². The molecule has 0 radical (unpaired) electrons. The van der Waals surface area contributed by atoms with Gasteiger partial charge in [0.1, 0.15) is 28.6 Å². The summed E-state index contributed by atoms with van der Waals surface area (Å²) in [6.07, 6.45) is 1.57. The molecular weight excluding hydrogens is 412 g/mol. The molecular formula is C21H27O8S-. The molecule has 0 N–H and O–H groups in total. The van der Waals surface area contributed by atoms with Gasteiger partial charge in [0.2, 0.25) is 0 Å². The van der Waals surface area contributed by atoms with Crippen LogP contribution < -0.4 is 23.5 Å². The molecule has 2 rings (SSSR count). The molecule has 0 aliphatic carbocycles. The van der Waals surface area contributed by atoms with Gasteiger partial charge in [0, 0.05) is 12.5 Å². The van der Waals surface area contributed by atoms with E-state index in [4.69, 9.17) is 18.4 Å². The average molecular weight is 440 g/mol. The third-order valence-electron chi connectivity index (χ3n) is 3.57. The largest absolute Gasteiger partial charge is 0.546 e. The maximum Gasteiger partial charge on any atom is 0.306 e. The van der Waals surface area contributed by atoms with Crippen LogP contribution in [0.5, 0.6) is 23.0 Å². The van der Waals surface area contributed by atoms with Crippen molar-refractivity contribution in [3.8, 4) is 23.0 Å². The van der Waals surface area contributed by atoms with Gasteiger partial charge in [-0.1, -0.05) is 13.5 Å². The Balaban J connectivity index is 0.00000450. The quantitative estimate of drug-likeness (QED) is 0.388. The molecule has 0 fully saturated rings. The highest BCUT2D eigenvalue weighted by atomic mass is 32.2. The van der Waals surface area contributed by atoms with Gasteiger partial charge in [0.05, 0.1) is 25.4 Å². The van der Waals surface area contributed by atoms with E-state index < -0.39 is 21.7 Å². The van der Waals surface area contributed by atoms with Crippen LogP contribution in [-0.2, 0) is 14.9 Å². The van der Waals surface area contributed by atoms with Crippen molar-refractivity contribution in [1.82, 2.24) is 0 Å². The number of aliphatic carboxylic acids is 1. The summed E-state index contributed by atoms with van der Waals surface area (Å²) in [4.78, 5) is 11.0. The maximum absolute atomic E-state index is 11.1. The molecule has 0 heterocycles. The molecule has 2 aromatic carbocycles. The van der Waals surface area contributed by atoms with Crippen LogP contribution in [-0.4, -0.2) is 39.5 Å². The zero-order valence-electron chi connectivity index (χ0n) is 16.4. The van der Waals surface area contributed by atoms with E-state index in [1.54, 1.807) is 36.4 Å². The minimum Gasteiger partial charge on any atom is -0.546 e. The lowest BCUT2D eigenvalue weighted by Crippen LogP contribution is -2.47. The van der Waals surface area contributed by atoms with Gasteiger partial charge in [-0.15, -0.1) is 0 Å². The van der Waals surface area contributed by atoms with E-state index in [-0.39, 0.29) is 13.2 Å². The van der Waals surface area contributed by atoms with Crippen LogP contribution in [0.15, 0.2) is 48.5 Å². The lowest BCUT2D eigenvalue weighted by molar-refractivity contribution is -0.320. The van der Waals surface area contributed by atoms with Crippen LogP contribution in [0, 0.1) is 0 Å². The van der Waals surface area contributed by atoms with Crippen LogP contribution in [0.4, 0.5) is 0 Å². The summed E-state index contributed by atoms with van der Waals surface area (Å²) in [6, 6.07) is 12.9. The zero-order chi connectivity index (χ0) is 21.5. The Hall–Kier alpha value is -2.94. The van der Waals surface area contributed by atoms with E-state index in [9.17, 15) is 18.3 Å². The van der Waals surface area contributed by atoms with Crippen molar-refractivity contribution in [1.29, 1.82) is 0 Å². The first-order valence-electron chi connectivity index (χ1n) is 8.81. The number of carbonyl (C=O) groups is 1. The first kappa shape index (κ1) is 25.1. The van der Waals surface area contributed by atoms with Crippen molar-refractivity contribution in [3.63, 3.8) is 0 Å². The number of ether oxygens (including phenoxy) is 3. The van der Waals surface area contributed by atoms with Crippen LogP contribution in [0.3, 0.4) is 0 Å². The molecule has 30 heavy (non-hydrogen) atoms. The zero-order valence-corrected chi connectivity index (χ0v) is 17.2. The highest BCUT2D eigenvalue weighted by molar-refractivity contribution is 7.86. The van der Waals surface area contributed by atoms with E-state index in [0.29, 0.717) is 36.9 Å².